The predicted octanol–water partition coefficient (Wildman–Crippen LogP) is 2.05. The first-order chi connectivity index (χ1) is 10.9. The second-order valence-electron chi connectivity index (χ2n) is 4.38. The van der Waals surface area contributed by atoms with Crippen LogP contribution in [-0.4, -0.2) is 40.3 Å². The van der Waals surface area contributed by atoms with Crippen LogP contribution in [0.4, 0.5) is 5.69 Å². The Morgan fingerprint density at radius 1 is 1.26 bits per heavy atom. The smallest absolute Gasteiger partial charge is 0.324 e. The Balaban J connectivity index is 2.58. The highest BCUT2D eigenvalue weighted by Crippen LogP contribution is 2.36. The summed E-state index contributed by atoms with van der Waals surface area (Å²) in [6.45, 7) is -0.719. The van der Waals surface area contributed by atoms with E-state index in [9.17, 15) is 13.2 Å². The first-order valence-electron chi connectivity index (χ1n) is 6.40. The van der Waals surface area contributed by atoms with Crippen LogP contribution < -0.4 is 13.8 Å². The Labute approximate surface area is 137 Å². The third-order valence-corrected chi connectivity index (χ3v) is 6.11. The Kier molecular flexibility index (Phi) is 5.12. The number of sulfonamides is 1. The van der Waals surface area contributed by atoms with Crippen LogP contribution in [0.1, 0.15) is 0 Å². The maximum Gasteiger partial charge on any atom is 0.324 e. The maximum absolute atomic E-state index is 12.7. The van der Waals surface area contributed by atoms with E-state index < -0.39 is 22.5 Å². The van der Waals surface area contributed by atoms with Crippen LogP contribution in [0.2, 0.25) is 0 Å². The molecule has 1 heterocycles. The summed E-state index contributed by atoms with van der Waals surface area (Å²) in [7, 11) is -1.17. The number of thiophene rings is 1. The number of benzene rings is 1. The molecule has 0 unspecified atom stereocenters. The number of ether oxygens (including phenoxy) is 2. The second kappa shape index (κ2) is 6.88. The van der Waals surface area contributed by atoms with Gasteiger partial charge in [-0.2, -0.15) is 0 Å². The van der Waals surface area contributed by atoms with Gasteiger partial charge in [0.2, 0.25) is 0 Å². The first kappa shape index (κ1) is 17.1. The fourth-order valence-corrected chi connectivity index (χ4v) is 4.46. The SMILES string of the molecule is COc1ccc(N(CC(=O)O)S(=O)(=O)c2cccs2)c(OC)c1. The average Bonchev–Trinajstić information content (AvgIpc) is 3.07. The lowest BCUT2D eigenvalue weighted by Crippen LogP contribution is -2.35. The van der Waals surface area contributed by atoms with Crippen molar-refractivity contribution in [3.05, 3.63) is 35.7 Å². The minimum absolute atomic E-state index is 0.0524. The first-order valence-corrected chi connectivity index (χ1v) is 8.72. The van der Waals surface area contributed by atoms with E-state index in [1.807, 2.05) is 0 Å². The summed E-state index contributed by atoms with van der Waals surface area (Å²) in [4.78, 5) is 11.2. The molecule has 1 aromatic carbocycles. The molecule has 9 heteroatoms. The molecule has 0 amide bonds. The van der Waals surface area contributed by atoms with Crippen LogP contribution in [0.15, 0.2) is 39.9 Å². The van der Waals surface area contributed by atoms with Crippen molar-refractivity contribution in [3.63, 3.8) is 0 Å². The molecule has 0 aliphatic carbocycles. The summed E-state index contributed by atoms with van der Waals surface area (Å²) in [5, 5.41) is 10.7. The van der Waals surface area contributed by atoms with Crippen molar-refractivity contribution >= 4 is 33.0 Å². The van der Waals surface area contributed by atoms with Gasteiger partial charge in [0.25, 0.3) is 10.0 Å². The van der Waals surface area contributed by atoms with Crippen LogP contribution in [0, 0.1) is 0 Å². The predicted molar refractivity (Wildman–Crippen MR) is 86.0 cm³/mol. The fraction of sp³-hybridized carbons (Fsp3) is 0.214. The van der Waals surface area contributed by atoms with E-state index in [-0.39, 0.29) is 15.6 Å². The molecule has 0 aliphatic rings. The standard InChI is InChI=1S/C14H15NO6S2/c1-20-10-5-6-11(12(8-10)21-2)15(9-13(16)17)23(18,19)14-4-3-7-22-14/h3-8H,9H2,1-2H3,(H,16,17). The molecule has 2 rings (SSSR count). The summed E-state index contributed by atoms with van der Waals surface area (Å²) in [5.74, 6) is -0.608. The third-order valence-electron chi connectivity index (χ3n) is 2.97. The van der Waals surface area contributed by atoms with Gasteiger partial charge in [0.1, 0.15) is 22.3 Å². The third kappa shape index (κ3) is 3.57. The Morgan fingerprint density at radius 3 is 2.52 bits per heavy atom. The highest BCUT2D eigenvalue weighted by atomic mass is 32.2. The van der Waals surface area contributed by atoms with E-state index in [4.69, 9.17) is 14.6 Å². The van der Waals surface area contributed by atoms with Gasteiger partial charge in [0.15, 0.2) is 0 Å². The van der Waals surface area contributed by atoms with Crippen LogP contribution >= 0.6 is 11.3 Å². The molecule has 124 valence electrons. The normalized spacial score (nSPS) is 11.0. The summed E-state index contributed by atoms with van der Waals surface area (Å²) in [6, 6.07) is 7.49. The molecule has 0 spiro atoms. The lowest BCUT2D eigenvalue weighted by Gasteiger charge is -2.24. The number of carbonyl (C=O) groups is 1. The molecule has 1 N–H and O–H groups in total. The van der Waals surface area contributed by atoms with Crippen LogP contribution in [-0.2, 0) is 14.8 Å². The molecular weight excluding hydrogens is 342 g/mol. The minimum atomic E-state index is -4.01. The van der Waals surface area contributed by atoms with Crippen LogP contribution in [0.3, 0.4) is 0 Å². The molecule has 0 radical (unpaired) electrons. The van der Waals surface area contributed by atoms with E-state index >= 15 is 0 Å². The van der Waals surface area contributed by atoms with Crippen molar-refractivity contribution in [2.75, 3.05) is 25.1 Å². The zero-order valence-corrected chi connectivity index (χ0v) is 14.1. The van der Waals surface area contributed by atoms with Gasteiger partial charge in [-0.15, -0.1) is 11.3 Å². The molecular formula is C14H15NO6S2. The van der Waals surface area contributed by atoms with E-state index in [2.05, 4.69) is 0 Å². The summed E-state index contributed by atoms with van der Waals surface area (Å²) in [5.41, 5.74) is 0.129. The van der Waals surface area contributed by atoms with Gasteiger partial charge in [-0.25, -0.2) is 8.42 Å². The highest BCUT2D eigenvalue weighted by molar-refractivity contribution is 7.94. The van der Waals surface area contributed by atoms with Crippen LogP contribution in [0.5, 0.6) is 11.5 Å². The maximum atomic E-state index is 12.7. The van der Waals surface area contributed by atoms with Crippen LogP contribution in [0.25, 0.3) is 0 Å². The van der Waals surface area contributed by atoms with E-state index in [0.717, 1.165) is 15.6 Å². The van der Waals surface area contributed by atoms with Crippen molar-refractivity contribution in [3.8, 4) is 11.5 Å². The molecule has 0 fully saturated rings. The van der Waals surface area contributed by atoms with Gasteiger partial charge in [0, 0.05) is 6.07 Å². The number of methoxy groups -OCH3 is 2. The van der Waals surface area contributed by atoms with Crippen molar-refractivity contribution < 1.29 is 27.8 Å². The van der Waals surface area contributed by atoms with Crippen molar-refractivity contribution in [2.45, 2.75) is 4.21 Å². The van der Waals surface area contributed by atoms with Gasteiger partial charge in [-0.1, -0.05) is 6.07 Å². The van der Waals surface area contributed by atoms with Gasteiger partial charge < -0.3 is 14.6 Å². The Bertz CT molecular complexity index is 786. The quantitative estimate of drug-likeness (QED) is 0.815. The van der Waals surface area contributed by atoms with Crippen molar-refractivity contribution in [2.24, 2.45) is 0 Å². The zero-order chi connectivity index (χ0) is 17.0. The lowest BCUT2D eigenvalue weighted by molar-refractivity contribution is -0.135. The van der Waals surface area contributed by atoms with Crippen molar-refractivity contribution in [1.82, 2.24) is 0 Å². The number of nitrogens with zero attached hydrogens (tertiary/aromatic N) is 1. The number of carboxylic acid groups (broad SMARTS) is 1. The monoisotopic (exact) mass is 357 g/mol. The number of aliphatic carboxylic acids is 1. The molecule has 1 aromatic heterocycles. The number of rotatable bonds is 7. The lowest BCUT2D eigenvalue weighted by atomic mass is 10.2. The topological polar surface area (TPSA) is 93.1 Å². The molecule has 0 saturated carbocycles. The molecule has 7 nitrogen and oxygen atoms in total. The second-order valence-corrected chi connectivity index (χ2v) is 7.41. The molecule has 0 bridgehead atoms. The van der Waals surface area contributed by atoms with E-state index in [1.165, 1.54) is 38.5 Å². The average molecular weight is 357 g/mol. The zero-order valence-electron chi connectivity index (χ0n) is 12.4. The van der Waals surface area contributed by atoms with Gasteiger partial charge >= 0.3 is 5.97 Å². The number of hydrogen-bond donors (Lipinski definition) is 1. The largest absolute Gasteiger partial charge is 0.497 e. The number of anilines is 1. The summed E-state index contributed by atoms with van der Waals surface area (Å²) in [6.07, 6.45) is 0. The van der Waals surface area contributed by atoms with Gasteiger partial charge in [0.05, 0.1) is 19.9 Å². The van der Waals surface area contributed by atoms with Gasteiger partial charge in [-0.05, 0) is 23.6 Å². The molecule has 23 heavy (non-hydrogen) atoms. The summed E-state index contributed by atoms with van der Waals surface area (Å²) < 4.78 is 36.6. The molecule has 0 aliphatic heterocycles. The Morgan fingerprint density at radius 2 is 2.00 bits per heavy atom. The van der Waals surface area contributed by atoms with Gasteiger partial charge in [-0.3, -0.25) is 9.10 Å². The molecule has 0 saturated heterocycles. The fourth-order valence-electron chi connectivity index (χ4n) is 1.93. The molecule has 0 atom stereocenters. The van der Waals surface area contributed by atoms with E-state index in [0.29, 0.717) is 5.75 Å². The minimum Gasteiger partial charge on any atom is -0.497 e. The highest BCUT2D eigenvalue weighted by Gasteiger charge is 2.30. The summed E-state index contributed by atoms with van der Waals surface area (Å²) >= 11 is 1.01. The number of hydrogen-bond acceptors (Lipinski definition) is 6. The van der Waals surface area contributed by atoms with E-state index in [1.54, 1.807) is 11.4 Å². The van der Waals surface area contributed by atoms with Crippen molar-refractivity contribution in [1.29, 1.82) is 0 Å². The Hall–Kier alpha value is -2.26. The number of carboxylic acids is 1. The molecule has 2 aromatic rings.